The highest BCUT2D eigenvalue weighted by atomic mass is 32.2. The lowest BCUT2D eigenvalue weighted by Gasteiger charge is -2.41. The van der Waals surface area contributed by atoms with Crippen LogP contribution in [0, 0.1) is 41.4 Å². The summed E-state index contributed by atoms with van der Waals surface area (Å²) in [7, 11) is 11.1. The van der Waals surface area contributed by atoms with E-state index >= 15 is 28.8 Å². The van der Waals surface area contributed by atoms with Gasteiger partial charge in [0.1, 0.15) is 72.5 Å². The predicted octanol–water partition coefficient (Wildman–Crippen LogP) is 3.56. The quantitative estimate of drug-likeness (QED) is 0.0391. The molecule has 28 heteroatoms. The van der Waals surface area contributed by atoms with E-state index in [2.05, 4.69) is 21.3 Å². The summed E-state index contributed by atoms with van der Waals surface area (Å²) >= 11 is 2.53. The lowest BCUT2D eigenvalue weighted by molar-refractivity contribution is -0.157. The summed E-state index contributed by atoms with van der Waals surface area (Å²) in [6.45, 7) is 29.7. The SMILES string of the molecule is C/C=C/C[C@@H](C)[C@@H](O)[C@H]1C(=O)N[C@@H](CC)C(=O)N(C)[C@H](CSCSC[C@H](N)C(=O)OC)C(=O)N(C)[C@@H](CC(C)C)C(=O)N[C@@H](C(C)C)C(=O)N(C)[C@@H](CC(C)C)C(=O)N[C@@H](C)C(=O)N[C@H](C)C(=O)N(C)[C@@H](CC(C)C)C(=O)N(C)[C@@H](CC(C)C)C(=O)N(C)[C@@H](C(C)C)C(=O)N1C. The Labute approximate surface area is 581 Å². The van der Waals surface area contributed by atoms with Crippen molar-refractivity contribution >= 4 is 94.5 Å². The van der Waals surface area contributed by atoms with Crippen LogP contribution in [0.5, 0.6) is 0 Å². The fourth-order valence-corrected chi connectivity index (χ4v) is 13.8. The highest BCUT2D eigenvalue weighted by Crippen LogP contribution is 2.27. The summed E-state index contributed by atoms with van der Waals surface area (Å²) < 4.78 is 4.79. The molecule has 0 saturated carbocycles. The molecule has 1 aliphatic heterocycles. The Bertz CT molecular complexity index is 2650. The van der Waals surface area contributed by atoms with Crippen molar-refractivity contribution in [2.45, 2.75) is 235 Å². The van der Waals surface area contributed by atoms with E-state index in [4.69, 9.17) is 10.5 Å². The van der Waals surface area contributed by atoms with E-state index in [0.717, 1.165) is 4.90 Å². The second-order valence-electron chi connectivity index (χ2n) is 28.3. The first-order valence-electron chi connectivity index (χ1n) is 33.8. The maximum absolute atomic E-state index is 15.4. The smallest absolute Gasteiger partial charge is 0.323 e. The van der Waals surface area contributed by atoms with Gasteiger partial charge in [-0.15, -0.1) is 23.5 Å². The Morgan fingerprint density at radius 3 is 1.39 bits per heavy atom. The molecule has 14 atom stereocenters. The van der Waals surface area contributed by atoms with Crippen LogP contribution in [-0.4, -0.2) is 262 Å². The number of amides is 11. The molecule has 1 aliphatic rings. The summed E-state index contributed by atoms with van der Waals surface area (Å²) in [6.07, 6.45) is 2.72. The first-order chi connectivity index (χ1) is 44.5. The van der Waals surface area contributed by atoms with Crippen molar-refractivity contribution in [2.24, 2.45) is 47.2 Å². The zero-order chi connectivity index (χ0) is 74.2. The van der Waals surface area contributed by atoms with E-state index in [1.807, 2.05) is 55.4 Å². The Balaban J connectivity index is 4.55. The van der Waals surface area contributed by atoms with Gasteiger partial charge in [0.2, 0.25) is 65.0 Å². The minimum atomic E-state index is -1.67. The molecule has 0 unspecified atom stereocenters. The van der Waals surface area contributed by atoms with Crippen LogP contribution in [0.4, 0.5) is 0 Å². The number of nitrogens with two attached hydrogens (primary N) is 1. The van der Waals surface area contributed by atoms with E-state index in [1.165, 1.54) is 123 Å². The highest BCUT2D eigenvalue weighted by molar-refractivity contribution is 8.16. The van der Waals surface area contributed by atoms with Crippen LogP contribution in [0.1, 0.15) is 156 Å². The third-order valence-corrected chi connectivity index (χ3v) is 20.1. The van der Waals surface area contributed by atoms with E-state index < -0.39 is 167 Å². The molecule has 7 N–H and O–H groups in total. The number of esters is 1. The van der Waals surface area contributed by atoms with Crippen LogP contribution < -0.4 is 27.0 Å². The van der Waals surface area contributed by atoms with Gasteiger partial charge >= 0.3 is 5.97 Å². The standard InChI is InChI=1S/C68H122N12O14S2/c1-26-28-29-43(15)56(81)55-60(85)72-47(27-2)62(87)78(22)52(35-96-36-95-34-46(69)68(93)94-25)65(90)74(18)49(31-38(5)6)59(84)73-53(41(11)12)66(91)75(19)48(30-37(3)4)58(83)70-44(16)57(82)71-45(17)61(86)76(20)50(32-39(7)8)63(88)77(21)51(33-40(9)10)64(89)79(23)54(42(13)14)67(92)80(55)24/h26,28,37-56,81H,27,29-36,69H2,1-25H3,(H,70,83)(H,71,82)(H,72,85)(H,73,84)/b28-26+/t43-,44+,45-,46+,47+,48+,49+,50+,51+,52-,53+,54+,55+,56-/m1/s1. The molecule has 0 radical (unpaired) electrons. The van der Waals surface area contributed by atoms with Gasteiger partial charge in [0.15, 0.2) is 0 Å². The number of thioether (sulfide) groups is 2. The number of hydrogen-bond acceptors (Lipinski definition) is 17. The van der Waals surface area contributed by atoms with Crippen LogP contribution >= 0.6 is 23.5 Å². The van der Waals surface area contributed by atoms with Crippen molar-refractivity contribution in [1.82, 2.24) is 55.6 Å². The lowest BCUT2D eigenvalue weighted by atomic mass is 9.91. The third-order valence-electron chi connectivity index (χ3n) is 17.6. The van der Waals surface area contributed by atoms with Gasteiger partial charge in [-0.25, -0.2) is 0 Å². The van der Waals surface area contributed by atoms with Crippen molar-refractivity contribution in [3.63, 3.8) is 0 Å². The number of methoxy groups -OCH3 is 1. The van der Waals surface area contributed by atoms with Gasteiger partial charge in [0, 0.05) is 65.9 Å². The van der Waals surface area contributed by atoms with Gasteiger partial charge < -0.3 is 71.1 Å². The molecular formula is C68H122N12O14S2. The molecule has 1 rings (SSSR count). The monoisotopic (exact) mass is 1390 g/mol. The van der Waals surface area contributed by atoms with Gasteiger partial charge in [-0.2, -0.15) is 0 Å². The number of aliphatic hydroxyl groups excluding tert-OH is 1. The molecule has 1 heterocycles. The number of likely N-dealkylation sites (N-methyl/N-ethyl adjacent to an activating group) is 7. The van der Waals surface area contributed by atoms with Crippen molar-refractivity contribution in [2.75, 3.05) is 73.0 Å². The third kappa shape index (κ3) is 25.4. The van der Waals surface area contributed by atoms with Gasteiger partial charge in [-0.3, -0.25) is 57.5 Å². The Kier molecular flexibility index (Phi) is 38.0. The van der Waals surface area contributed by atoms with Crippen LogP contribution in [-0.2, 0) is 62.3 Å². The molecule has 550 valence electrons. The van der Waals surface area contributed by atoms with Crippen molar-refractivity contribution in [1.29, 1.82) is 0 Å². The predicted molar refractivity (Wildman–Crippen MR) is 377 cm³/mol. The summed E-state index contributed by atoms with van der Waals surface area (Å²) in [6, 6.07) is -15.1. The zero-order valence-corrected chi connectivity index (χ0v) is 64.0. The van der Waals surface area contributed by atoms with E-state index in [0.29, 0.717) is 0 Å². The normalized spacial score (nSPS) is 26.2. The minimum absolute atomic E-state index is 0.0455. The summed E-state index contributed by atoms with van der Waals surface area (Å²) in [4.78, 5) is 185. The summed E-state index contributed by atoms with van der Waals surface area (Å²) in [5, 5.41) is 23.7. The van der Waals surface area contributed by atoms with Gasteiger partial charge in [-0.1, -0.05) is 109 Å². The number of nitrogens with zero attached hydrogens (tertiary/aromatic N) is 7. The number of carbonyl (C=O) groups excluding carboxylic acids is 12. The number of hydrogen-bond donors (Lipinski definition) is 6. The molecule has 0 aromatic carbocycles. The molecular weight excluding hydrogens is 1270 g/mol. The molecule has 1 saturated heterocycles. The molecule has 1 fully saturated rings. The number of nitrogens with one attached hydrogen (secondary N) is 4. The minimum Gasteiger partial charge on any atom is -0.468 e. The van der Waals surface area contributed by atoms with Crippen LogP contribution in [0.25, 0.3) is 0 Å². The van der Waals surface area contributed by atoms with E-state index in [9.17, 15) is 33.9 Å². The average molecular weight is 1400 g/mol. The number of carbonyl (C=O) groups is 12. The number of aliphatic hydroxyl groups is 1. The Morgan fingerprint density at radius 2 is 0.927 bits per heavy atom. The second-order valence-corrected chi connectivity index (χ2v) is 30.7. The number of ether oxygens (including phenoxy) is 1. The van der Waals surface area contributed by atoms with Gasteiger partial charge in [-0.05, 0) is 101 Å². The largest absolute Gasteiger partial charge is 0.468 e. The zero-order valence-electron chi connectivity index (χ0n) is 62.3. The summed E-state index contributed by atoms with van der Waals surface area (Å²) in [5.41, 5.74) is 6.02. The molecule has 26 nitrogen and oxygen atoms in total. The second kappa shape index (κ2) is 41.4. The highest BCUT2D eigenvalue weighted by Gasteiger charge is 2.46. The fraction of sp³-hybridized carbons (Fsp3) is 0.794. The molecule has 11 amide bonds. The first kappa shape index (κ1) is 88.0. The number of rotatable bonds is 22. The van der Waals surface area contributed by atoms with Crippen LogP contribution in [0.3, 0.4) is 0 Å². The molecule has 96 heavy (non-hydrogen) atoms. The topological polar surface area (TPSA) is 331 Å². The first-order valence-corrected chi connectivity index (χ1v) is 36.2. The molecule has 0 aromatic rings. The lowest BCUT2D eigenvalue weighted by Crippen LogP contribution is -2.64. The maximum Gasteiger partial charge on any atom is 0.323 e. The van der Waals surface area contributed by atoms with Crippen molar-refractivity contribution < 1.29 is 67.4 Å². The van der Waals surface area contributed by atoms with Crippen LogP contribution in [0.2, 0.25) is 0 Å². The average Bonchev–Trinajstić information content (AvgIpc) is 0.822. The molecule has 0 bridgehead atoms. The van der Waals surface area contributed by atoms with E-state index in [-0.39, 0.29) is 78.8 Å². The van der Waals surface area contributed by atoms with Gasteiger partial charge in [0.05, 0.1) is 13.2 Å². The van der Waals surface area contributed by atoms with E-state index in [1.54, 1.807) is 60.6 Å². The molecule has 0 aromatic heterocycles. The molecule has 0 spiro atoms. The summed E-state index contributed by atoms with van der Waals surface area (Å²) in [5.74, 6) is -10.9. The number of allylic oxidation sites excluding steroid dienone is 2. The maximum atomic E-state index is 15.4. The van der Waals surface area contributed by atoms with Gasteiger partial charge in [0.25, 0.3) is 0 Å². The Morgan fingerprint density at radius 1 is 0.510 bits per heavy atom. The Hall–Kier alpha value is -6.00. The van der Waals surface area contributed by atoms with Crippen molar-refractivity contribution in [3.8, 4) is 0 Å². The fourth-order valence-electron chi connectivity index (χ4n) is 11.6. The van der Waals surface area contributed by atoms with Crippen molar-refractivity contribution in [3.05, 3.63) is 12.2 Å². The van der Waals surface area contributed by atoms with Crippen LogP contribution in [0.15, 0.2) is 12.2 Å². The molecule has 0 aliphatic carbocycles.